The number of likely N-dealkylation sites (tertiary alicyclic amines) is 1. The molecule has 6 nitrogen and oxygen atoms in total. The Kier molecular flexibility index (Phi) is 4.34. The van der Waals surface area contributed by atoms with E-state index < -0.39 is 6.09 Å². The van der Waals surface area contributed by atoms with Crippen LogP contribution < -0.4 is 11.1 Å². The van der Waals surface area contributed by atoms with Gasteiger partial charge in [-0.2, -0.15) is 0 Å². The third kappa shape index (κ3) is 3.14. The standard InChI is InChI=1S/C13H16ClN3O3/c1-20-13(19)16-9-4-5-17(7-9)12(18)8-2-3-10(14)11(15)6-8/h2-3,6,9H,4-5,7,15H2,1H3,(H,16,19). The Morgan fingerprint density at radius 2 is 2.25 bits per heavy atom. The molecule has 0 aromatic heterocycles. The fourth-order valence-electron chi connectivity index (χ4n) is 2.15. The highest BCUT2D eigenvalue weighted by atomic mass is 35.5. The number of hydrogen-bond donors (Lipinski definition) is 2. The van der Waals surface area contributed by atoms with Crippen molar-refractivity contribution in [3.63, 3.8) is 0 Å². The molecular weight excluding hydrogens is 282 g/mol. The zero-order valence-electron chi connectivity index (χ0n) is 11.1. The number of methoxy groups -OCH3 is 1. The molecule has 1 aromatic rings. The van der Waals surface area contributed by atoms with Crippen LogP contribution in [-0.2, 0) is 4.74 Å². The van der Waals surface area contributed by atoms with Crippen molar-refractivity contribution >= 4 is 29.3 Å². The topological polar surface area (TPSA) is 84.7 Å². The second-order valence-electron chi connectivity index (χ2n) is 4.61. The van der Waals surface area contributed by atoms with Gasteiger partial charge in [0.05, 0.1) is 23.9 Å². The van der Waals surface area contributed by atoms with E-state index >= 15 is 0 Å². The van der Waals surface area contributed by atoms with E-state index in [1.807, 2.05) is 0 Å². The molecule has 3 N–H and O–H groups in total. The van der Waals surface area contributed by atoms with Gasteiger partial charge in [-0.05, 0) is 24.6 Å². The molecule has 1 atom stereocenters. The molecule has 7 heteroatoms. The lowest BCUT2D eigenvalue weighted by Gasteiger charge is -2.17. The predicted molar refractivity (Wildman–Crippen MR) is 75.7 cm³/mol. The van der Waals surface area contributed by atoms with Gasteiger partial charge in [0.2, 0.25) is 0 Å². The van der Waals surface area contributed by atoms with E-state index in [0.717, 1.165) is 0 Å². The highest BCUT2D eigenvalue weighted by molar-refractivity contribution is 6.33. The van der Waals surface area contributed by atoms with Gasteiger partial charge >= 0.3 is 6.09 Å². The van der Waals surface area contributed by atoms with Crippen molar-refractivity contribution in [2.45, 2.75) is 12.5 Å². The van der Waals surface area contributed by atoms with Crippen molar-refractivity contribution in [2.75, 3.05) is 25.9 Å². The predicted octanol–water partition coefficient (Wildman–Crippen LogP) is 1.49. The number of nitrogen functional groups attached to an aromatic ring is 1. The number of nitrogens with two attached hydrogens (primary N) is 1. The number of anilines is 1. The summed E-state index contributed by atoms with van der Waals surface area (Å²) in [6, 6.07) is 4.72. The Bertz CT molecular complexity index is 536. The summed E-state index contributed by atoms with van der Waals surface area (Å²) in [7, 11) is 1.31. The van der Waals surface area contributed by atoms with Gasteiger partial charge in [0.15, 0.2) is 0 Å². The molecule has 0 bridgehead atoms. The van der Waals surface area contributed by atoms with Crippen LogP contribution in [0, 0.1) is 0 Å². The Morgan fingerprint density at radius 1 is 1.50 bits per heavy atom. The second kappa shape index (κ2) is 6.00. The third-order valence-electron chi connectivity index (χ3n) is 3.23. The highest BCUT2D eigenvalue weighted by Gasteiger charge is 2.28. The van der Waals surface area contributed by atoms with Gasteiger partial charge in [0.25, 0.3) is 5.91 Å². The van der Waals surface area contributed by atoms with Crippen molar-refractivity contribution in [3.05, 3.63) is 28.8 Å². The Labute approximate surface area is 121 Å². The first-order valence-electron chi connectivity index (χ1n) is 6.20. The number of amides is 2. The summed E-state index contributed by atoms with van der Waals surface area (Å²) < 4.78 is 4.54. The number of carbonyl (C=O) groups is 2. The van der Waals surface area contributed by atoms with E-state index in [9.17, 15) is 9.59 Å². The van der Waals surface area contributed by atoms with E-state index in [2.05, 4.69) is 10.1 Å². The van der Waals surface area contributed by atoms with Crippen molar-refractivity contribution in [1.29, 1.82) is 0 Å². The van der Waals surface area contributed by atoms with Crippen LogP contribution in [0.4, 0.5) is 10.5 Å². The van der Waals surface area contributed by atoms with Crippen LogP contribution in [-0.4, -0.2) is 43.1 Å². The number of ether oxygens (including phenoxy) is 1. The molecule has 108 valence electrons. The monoisotopic (exact) mass is 297 g/mol. The molecule has 1 aliphatic rings. The largest absolute Gasteiger partial charge is 0.453 e. The summed E-state index contributed by atoms with van der Waals surface area (Å²) in [6.45, 7) is 1.03. The maximum atomic E-state index is 12.3. The van der Waals surface area contributed by atoms with E-state index in [1.165, 1.54) is 7.11 Å². The molecule has 1 aromatic carbocycles. The molecule has 1 aliphatic heterocycles. The molecule has 0 spiro atoms. The van der Waals surface area contributed by atoms with E-state index in [4.69, 9.17) is 17.3 Å². The minimum atomic E-state index is -0.486. The maximum Gasteiger partial charge on any atom is 0.407 e. The van der Waals surface area contributed by atoms with Crippen LogP contribution in [0.2, 0.25) is 5.02 Å². The van der Waals surface area contributed by atoms with E-state index in [0.29, 0.717) is 35.8 Å². The molecule has 0 saturated carbocycles. The first-order valence-corrected chi connectivity index (χ1v) is 6.58. The number of nitrogens with one attached hydrogen (secondary N) is 1. The molecule has 0 radical (unpaired) electrons. The molecule has 1 fully saturated rings. The molecular formula is C13H16ClN3O3. The zero-order chi connectivity index (χ0) is 14.7. The average Bonchev–Trinajstić information content (AvgIpc) is 2.89. The summed E-state index contributed by atoms with van der Waals surface area (Å²) in [5.74, 6) is -0.123. The number of rotatable bonds is 2. The lowest BCUT2D eigenvalue weighted by molar-refractivity contribution is 0.0788. The van der Waals surface area contributed by atoms with Gasteiger partial charge in [-0.15, -0.1) is 0 Å². The van der Waals surface area contributed by atoms with Crippen LogP contribution in [0.25, 0.3) is 0 Å². The fourth-order valence-corrected chi connectivity index (χ4v) is 2.27. The molecule has 2 rings (SSSR count). The fraction of sp³-hybridized carbons (Fsp3) is 0.385. The van der Waals surface area contributed by atoms with Crippen molar-refractivity contribution in [2.24, 2.45) is 0 Å². The minimum absolute atomic E-state index is 0.0870. The quantitative estimate of drug-likeness (QED) is 0.810. The van der Waals surface area contributed by atoms with Crippen molar-refractivity contribution < 1.29 is 14.3 Å². The van der Waals surface area contributed by atoms with Crippen LogP contribution in [0.15, 0.2) is 18.2 Å². The molecule has 1 saturated heterocycles. The van der Waals surface area contributed by atoms with E-state index in [-0.39, 0.29) is 11.9 Å². The molecule has 0 aliphatic carbocycles. The minimum Gasteiger partial charge on any atom is -0.453 e. The van der Waals surface area contributed by atoms with Crippen LogP contribution in [0.5, 0.6) is 0 Å². The summed E-state index contributed by atoms with van der Waals surface area (Å²) in [5, 5.41) is 3.11. The summed E-state index contributed by atoms with van der Waals surface area (Å²) >= 11 is 5.83. The summed E-state index contributed by atoms with van der Waals surface area (Å²) in [5.41, 5.74) is 6.56. The van der Waals surface area contributed by atoms with Crippen LogP contribution >= 0.6 is 11.6 Å². The molecule has 1 unspecified atom stereocenters. The number of alkyl carbamates (subject to hydrolysis) is 1. The maximum absolute atomic E-state index is 12.3. The van der Waals surface area contributed by atoms with Crippen molar-refractivity contribution in [3.8, 4) is 0 Å². The van der Waals surface area contributed by atoms with Gasteiger partial charge < -0.3 is 20.7 Å². The molecule has 20 heavy (non-hydrogen) atoms. The SMILES string of the molecule is COC(=O)NC1CCN(C(=O)c2ccc(Cl)c(N)c2)C1. The normalized spacial score (nSPS) is 17.9. The third-order valence-corrected chi connectivity index (χ3v) is 3.57. The Hall–Kier alpha value is -1.95. The van der Waals surface area contributed by atoms with Gasteiger partial charge in [0.1, 0.15) is 0 Å². The lowest BCUT2D eigenvalue weighted by atomic mass is 10.2. The lowest BCUT2D eigenvalue weighted by Crippen LogP contribution is -2.38. The first kappa shape index (κ1) is 14.5. The highest BCUT2D eigenvalue weighted by Crippen LogP contribution is 2.21. The van der Waals surface area contributed by atoms with Crippen molar-refractivity contribution in [1.82, 2.24) is 10.2 Å². The summed E-state index contributed by atoms with van der Waals surface area (Å²) in [4.78, 5) is 25.1. The second-order valence-corrected chi connectivity index (χ2v) is 5.02. The van der Waals surface area contributed by atoms with Crippen LogP contribution in [0.3, 0.4) is 0 Å². The number of nitrogens with zero attached hydrogens (tertiary/aromatic N) is 1. The number of benzene rings is 1. The van der Waals surface area contributed by atoms with Gasteiger partial charge in [-0.3, -0.25) is 4.79 Å². The first-order chi connectivity index (χ1) is 9.51. The Balaban J connectivity index is 2.00. The van der Waals surface area contributed by atoms with Crippen LogP contribution in [0.1, 0.15) is 16.8 Å². The van der Waals surface area contributed by atoms with Gasteiger partial charge in [0, 0.05) is 18.7 Å². The number of carbonyl (C=O) groups excluding carboxylic acids is 2. The molecule has 1 heterocycles. The van der Waals surface area contributed by atoms with Gasteiger partial charge in [-0.1, -0.05) is 11.6 Å². The number of halogens is 1. The molecule has 2 amide bonds. The number of hydrogen-bond acceptors (Lipinski definition) is 4. The zero-order valence-corrected chi connectivity index (χ0v) is 11.8. The average molecular weight is 298 g/mol. The smallest absolute Gasteiger partial charge is 0.407 e. The van der Waals surface area contributed by atoms with Gasteiger partial charge in [-0.25, -0.2) is 4.79 Å². The van der Waals surface area contributed by atoms with E-state index in [1.54, 1.807) is 23.1 Å². The Morgan fingerprint density at radius 3 is 2.90 bits per heavy atom. The summed E-state index contributed by atoms with van der Waals surface area (Å²) in [6.07, 6.45) is 0.212.